The van der Waals surface area contributed by atoms with Gasteiger partial charge in [0, 0.05) is 12.6 Å². The molecule has 0 rings (SSSR count). The highest BCUT2D eigenvalue weighted by Crippen LogP contribution is 1.85. The van der Waals surface area contributed by atoms with Crippen molar-refractivity contribution >= 4 is 12.0 Å². The summed E-state index contributed by atoms with van der Waals surface area (Å²) in [5, 5.41) is 5.66. The van der Waals surface area contributed by atoms with Crippen molar-refractivity contribution in [3.8, 4) is 0 Å². The van der Waals surface area contributed by atoms with Gasteiger partial charge in [0.05, 0.1) is 6.04 Å². The lowest BCUT2D eigenvalue weighted by Crippen LogP contribution is -2.45. The molecular weight excluding hydrogens is 198 g/mol. The Labute approximate surface area is 89.5 Å². The molecule has 1 atom stereocenters. The van der Waals surface area contributed by atoms with Gasteiger partial charge in [0.2, 0.25) is 5.91 Å². The van der Waals surface area contributed by atoms with E-state index in [1.54, 1.807) is 6.92 Å². The van der Waals surface area contributed by atoms with Crippen molar-refractivity contribution in [2.75, 3.05) is 13.2 Å². The third-order valence-electron chi connectivity index (χ3n) is 1.62. The maximum atomic E-state index is 11.4. The molecule has 0 aliphatic rings. The Morgan fingerprint density at radius 2 is 1.93 bits per heavy atom. The van der Waals surface area contributed by atoms with Crippen LogP contribution in [-0.4, -0.2) is 37.2 Å². The molecule has 6 nitrogen and oxygen atoms in total. The zero-order valence-corrected chi connectivity index (χ0v) is 9.37. The van der Waals surface area contributed by atoms with Gasteiger partial charge in [-0.05, 0) is 20.8 Å². The molecular formula is C9H19N3O3. The first-order chi connectivity index (χ1) is 6.93. The molecule has 0 fully saturated rings. The molecule has 6 heteroatoms. The lowest BCUT2D eigenvalue weighted by atomic mass is 10.3. The second-order valence-corrected chi connectivity index (χ2v) is 3.51. The van der Waals surface area contributed by atoms with E-state index in [4.69, 9.17) is 5.73 Å². The molecule has 0 saturated carbocycles. The summed E-state index contributed by atoms with van der Waals surface area (Å²) in [6.07, 6.45) is -0.809. The first-order valence-electron chi connectivity index (χ1n) is 4.89. The van der Waals surface area contributed by atoms with Gasteiger partial charge in [-0.1, -0.05) is 0 Å². The topological polar surface area (TPSA) is 93.4 Å². The van der Waals surface area contributed by atoms with E-state index in [1.165, 1.54) is 0 Å². The van der Waals surface area contributed by atoms with Crippen molar-refractivity contribution < 1.29 is 14.3 Å². The molecule has 0 spiro atoms. The van der Waals surface area contributed by atoms with Crippen LogP contribution in [0.15, 0.2) is 0 Å². The smallest absolute Gasteiger partial charge is 0.404 e. The van der Waals surface area contributed by atoms with Crippen LogP contribution in [0.25, 0.3) is 0 Å². The van der Waals surface area contributed by atoms with Gasteiger partial charge >= 0.3 is 6.09 Å². The zero-order valence-electron chi connectivity index (χ0n) is 9.37. The monoisotopic (exact) mass is 217 g/mol. The minimum absolute atomic E-state index is 0.0796. The molecule has 0 aromatic heterocycles. The Morgan fingerprint density at radius 3 is 2.40 bits per heavy atom. The van der Waals surface area contributed by atoms with Gasteiger partial charge in [0.1, 0.15) is 6.61 Å². The molecule has 2 amide bonds. The van der Waals surface area contributed by atoms with Crippen LogP contribution in [-0.2, 0) is 9.53 Å². The maximum Gasteiger partial charge on any atom is 0.404 e. The summed E-state index contributed by atoms with van der Waals surface area (Å²) in [6.45, 7) is 6.08. The van der Waals surface area contributed by atoms with E-state index in [0.29, 0.717) is 6.54 Å². The summed E-state index contributed by atoms with van der Waals surface area (Å²) in [4.78, 5) is 21.6. The summed E-state index contributed by atoms with van der Waals surface area (Å²) < 4.78 is 4.50. The summed E-state index contributed by atoms with van der Waals surface area (Å²) in [5.41, 5.74) is 4.77. The lowest BCUT2D eigenvalue weighted by molar-refractivity contribution is -0.123. The van der Waals surface area contributed by atoms with E-state index in [0.717, 1.165) is 0 Å². The van der Waals surface area contributed by atoms with Gasteiger partial charge in [-0.2, -0.15) is 0 Å². The molecule has 0 saturated heterocycles. The van der Waals surface area contributed by atoms with E-state index in [-0.39, 0.29) is 24.6 Å². The van der Waals surface area contributed by atoms with E-state index < -0.39 is 6.09 Å². The highest BCUT2D eigenvalue weighted by Gasteiger charge is 2.12. The van der Waals surface area contributed by atoms with Crippen molar-refractivity contribution in [3.05, 3.63) is 0 Å². The predicted molar refractivity (Wildman–Crippen MR) is 56.3 cm³/mol. The average molecular weight is 217 g/mol. The van der Waals surface area contributed by atoms with Crippen LogP contribution in [0.1, 0.15) is 20.8 Å². The summed E-state index contributed by atoms with van der Waals surface area (Å²) in [7, 11) is 0. The number of hydrogen-bond donors (Lipinski definition) is 3. The van der Waals surface area contributed by atoms with E-state index >= 15 is 0 Å². The Bertz CT molecular complexity index is 219. The molecule has 0 bridgehead atoms. The molecule has 0 aromatic carbocycles. The standard InChI is InChI=1S/C9H19N3O3/c1-6(2)12-8(13)7(3)11-4-5-15-9(10)14/h6-7,11H,4-5H2,1-3H3,(H2,10,14)(H,12,13). The van der Waals surface area contributed by atoms with Crippen LogP contribution in [0.3, 0.4) is 0 Å². The van der Waals surface area contributed by atoms with Crippen LogP contribution in [0.4, 0.5) is 4.79 Å². The van der Waals surface area contributed by atoms with Crippen LogP contribution in [0, 0.1) is 0 Å². The van der Waals surface area contributed by atoms with E-state index in [9.17, 15) is 9.59 Å². The lowest BCUT2D eigenvalue weighted by Gasteiger charge is -2.15. The number of amides is 2. The summed E-state index contributed by atoms with van der Waals surface area (Å²) in [5.74, 6) is -0.0796. The number of carbonyl (C=O) groups excluding carboxylic acids is 2. The SMILES string of the molecule is CC(C)NC(=O)C(C)NCCOC(N)=O. The summed E-state index contributed by atoms with van der Waals surface area (Å²) >= 11 is 0. The third kappa shape index (κ3) is 7.75. The average Bonchev–Trinajstić information content (AvgIpc) is 2.10. The molecule has 0 radical (unpaired) electrons. The number of nitrogens with one attached hydrogen (secondary N) is 2. The van der Waals surface area contributed by atoms with Crippen molar-refractivity contribution in [2.45, 2.75) is 32.9 Å². The number of rotatable bonds is 6. The Kier molecular flexibility index (Phi) is 6.44. The molecule has 0 aromatic rings. The predicted octanol–water partition coefficient (Wildman–Crippen LogP) is -0.416. The number of primary amides is 1. The van der Waals surface area contributed by atoms with Gasteiger partial charge in [-0.25, -0.2) is 4.79 Å². The number of nitrogens with two attached hydrogens (primary N) is 1. The van der Waals surface area contributed by atoms with Crippen molar-refractivity contribution in [2.24, 2.45) is 5.73 Å². The number of hydrogen-bond acceptors (Lipinski definition) is 4. The van der Waals surface area contributed by atoms with Crippen molar-refractivity contribution in [3.63, 3.8) is 0 Å². The van der Waals surface area contributed by atoms with Crippen LogP contribution < -0.4 is 16.4 Å². The maximum absolute atomic E-state index is 11.4. The largest absolute Gasteiger partial charge is 0.448 e. The quantitative estimate of drug-likeness (QED) is 0.527. The normalized spacial score (nSPS) is 12.3. The molecule has 1 unspecified atom stereocenters. The minimum atomic E-state index is -0.809. The van der Waals surface area contributed by atoms with E-state index in [2.05, 4.69) is 15.4 Å². The number of carbonyl (C=O) groups is 2. The Morgan fingerprint density at radius 1 is 1.33 bits per heavy atom. The summed E-state index contributed by atoms with van der Waals surface area (Å²) in [6, 6.07) is -0.201. The first-order valence-corrected chi connectivity index (χ1v) is 4.89. The fourth-order valence-corrected chi connectivity index (χ4v) is 0.929. The molecule has 0 aliphatic carbocycles. The Balaban J connectivity index is 3.60. The van der Waals surface area contributed by atoms with Crippen LogP contribution >= 0.6 is 0 Å². The zero-order chi connectivity index (χ0) is 11.8. The van der Waals surface area contributed by atoms with Crippen LogP contribution in [0.2, 0.25) is 0 Å². The van der Waals surface area contributed by atoms with Gasteiger partial charge in [-0.15, -0.1) is 0 Å². The van der Waals surface area contributed by atoms with E-state index in [1.807, 2.05) is 13.8 Å². The second kappa shape index (κ2) is 7.05. The Hall–Kier alpha value is -1.30. The van der Waals surface area contributed by atoms with Crippen molar-refractivity contribution in [1.29, 1.82) is 0 Å². The molecule has 15 heavy (non-hydrogen) atoms. The van der Waals surface area contributed by atoms with Crippen molar-refractivity contribution in [1.82, 2.24) is 10.6 Å². The van der Waals surface area contributed by atoms with Gasteiger partial charge in [0.25, 0.3) is 0 Å². The highest BCUT2D eigenvalue weighted by molar-refractivity contribution is 5.81. The highest BCUT2D eigenvalue weighted by atomic mass is 16.5. The third-order valence-corrected chi connectivity index (χ3v) is 1.62. The van der Waals surface area contributed by atoms with Gasteiger partial charge in [-0.3, -0.25) is 4.79 Å². The molecule has 0 aliphatic heterocycles. The fourth-order valence-electron chi connectivity index (χ4n) is 0.929. The molecule has 88 valence electrons. The molecule has 0 heterocycles. The van der Waals surface area contributed by atoms with Gasteiger partial charge < -0.3 is 21.1 Å². The van der Waals surface area contributed by atoms with Crippen LogP contribution in [0.5, 0.6) is 0 Å². The minimum Gasteiger partial charge on any atom is -0.448 e. The number of ether oxygens (including phenoxy) is 1. The fraction of sp³-hybridized carbons (Fsp3) is 0.778. The molecule has 4 N–H and O–H groups in total. The second-order valence-electron chi connectivity index (χ2n) is 3.51. The first kappa shape index (κ1) is 13.7. The van der Waals surface area contributed by atoms with Gasteiger partial charge in [0.15, 0.2) is 0 Å².